The Morgan fingerprint density at radius 2 is 0.906 bits per heavy atom. The molecule has 13 heteroatoms. The van der Waals surface area contributed by atoms with Gasteiger partial charge < -0.3 is 29.7 Å². The van der Waals surface area contributed by atoms with E-state index < -0.39 is 53.3 Å². The summed E-state index contributed by atoms with van der Waals surface area (Å²) in [7, 11) is -12.4. The zero-order valence-electron chi connectivity index (χ0n) is 22.7. The van der Waals surface area contributed by atoms with E-state index in [-0.39, 0.29) is 0 Å². The van der Waals surface area contributed by atoms with Crippen molar-refractivity contribution in [3.63, 3.8) is 0 Å². The average Bonchev–Trinajstić information content (AvgIpc) is 2.64. The molecule has 0 aliphatic rings. The monoisotopic (exact) mass is 560 g/mol. The number of hydrogen-bond donors (Lipinski definition) is 0. The van der Waals surface area contributed by atoms with Gasteiger partial charge in [0, 0.05) is 25.9 Å². The summed E-state index contributed by atoms with van der Waals surface area (Å²) >= 11 is 0. The van der Waals surface area contributed by atoms with Gasteiger partial charge in [-0.2, -0.15) is 0 Å². The second-order valence-corrected chi connectivity index (χ2v) is 27.3. The van der Waals surface area contributed by atoms with Gasteiger partial charge in [0.25, 0.3) is 0 Å². The van der Waals surface area contributed by atoms with Crippen LogP contribution in [0.15, 0.2) is 0 Å². The van der Waals surface area contributed by atoms with Crippen molar-refractivity contribution in [3.8, 4) is 0 Å². The molecule has 0 unspecified atom stereocenters. The molecule has 0 heterocycles. The highest BCUT2D eigenvalue weighted by Gasteiger charge is 2.52. The van der Waals surface area contributed by atoms with E-state index >= 15 is 0 Å². The Morgan fingerprint density at radius 3 is 1.19 bits per heavy atom. The van der Waals surface area contributed by atoms with Crippen LogP contribution < -0.4 is 0 Å². The molecule has 0 aromatic heterocycles. The van der Waals surface area contributed by atoms with Gasteiger partial charge in [0.15, 0.2) is 35.4 Å². The molecule has 0 bridgehead atoms. The maximum atomic E-state index is 6.84. The summed E-state index contributed by atoms with van der Waals surface area (Å²) in [5.74, 6) is 0. The van der Waals surface area contributed by atoms with Crippen molar-refractivity contribution in [1.29, 1.82) is 0 Å². The molecule has 0 fully saturated rings. The Morgan fingerprint density at radius 1 is 0.562 bits per heavy atom. The Bertz CT molecular complexity index is 435. The van der Waals surface area contributed by atoms with Crippen molar-refractivity contribution in [2.24, 2.45) is 0 Å². The minimum atomic E-state index is -3.15. The van der Waals surface area contributed by atoms with Gasteiger partial charge in [-0.05, 0) is 77.7 Å². The third-order valence-electron chi connectivity index (χ3n) is 4.15. The molecule has 0 amide bonds. The molecule has 0 saturated carbocycles. The van der Waals surface area contributed by atoms with E-state index in [1.54, 1.807) is 0 Å². The molecule has 0 radical (unpaired) electrons. The smallest absolute Gasteiger partial charge is 0.399 e. The van der Waals surface area contributed by atoms with E-state index in [0.717, 1.165) is 31.4 Å². The highest BCUT2D eigenvalue weighted by molar-refractivity contribution is 6.85. The summed E-state index contributed by atoms with van der Waals surface area (Å²) in [6.07, 6.45) is 2.83. The lowest BCUT2D eigenvalue weighted by Crippen LogP contribution is -2.61. The third kappa shape index (κ3) is 14.4. The first-order chi connectivity index (χ1) is 14.8. The summed E-state index contributed by atoms with van der Waals surface area (Å²) in [6, 6.07) is 1.62. The molecule has 0 saturated heterocycles. The molecule has 0 spiro atoms. The molecule has 7 nitrogen and oxygen atoms in total. The second-order valence-electron chi connectivity index (χ2n) is 9.59. The SMILES string of the molecule is CCCO[Si](CC[Si](C)(C)O[Si](O[SiH](C)C)(O[SiH](C)C)O[SiH](C)C)(OCCC)OCCC. The van der Waals surface area contributed by atoms with Crippen LogP contribution in [0.2, 0.25) is 64.5 Å². The van der Waals surface area contributed by atoms with Gasteiger partial charge in [0.1, 0.15) is 0 Å². The van der Waals surface area contributed by atoms with Crippen LogP contribution in [-0.2, 0) is 29.7 Å². The summed E-state index contributed by atoms with van der Waals surface area (Å²) in [6.45, 7) is 25.7. The van der Waals surface area contributed by atoms with E-state index in [4.69, 9.17) is 29.7 Å². The highest BCUT2D eigenvalue weighted by Crippen LogP contribution is 2.29. The van der Waals surface area contributed by atoms with Crippen LogP contribution in [0.1, 0.15) is 40.0 Å². The first-order valence-electron chi connectivity index (χ1n) is 12.5. The Labute approximate surface area is 207 Å². The number of hydrogen-bond acceptors (Lipinski definition) is 7. The van der Waals surface area contributed by atoms with Crippen LogP contribution in [0.4, 0.5) is 0 Å². The van der Waals surface area contributed by atoms with E-state index in [1.165, 1.54) is 0 Å². The topological polar surface area (TPSA) is 64.6 Å². The van der Waals surface area contributed by atoms with Gasteiger partial charge in [-0.15, -0.1) is 0 Å². The molecule has 0 N–H and O–H groups in total. The summed E-state index contributed by atoms with van der Waals surface area (Å²) in [4.78, 5) is 0. The van der Waals surface area contributed by atoms with Crippen LogP contribution >= 0.6 is 0 Å². The van der Waals surface area contributed by atoms with Crippen molar-refractivity contribution >= 4 is 53.3 Å². The van der Waals surface area contributed by atoms with Gasteiger partial charge in [-0.1, -0.05) is 20.8 Å². The van der Waals surface area contributed by atoms with E-state index in [9.17, 15) is 0 Å². The zero-order valence-corrected chi connectivity index (χ0v) is 29.2. The van der Waals surface area contributed by atoms with E-state index in [0.29, 0.717) is 19.8 Å². The zero-order chi connectivity index (χ0) is 24.8. The molecular weight excluding hydrogens is 509 g/mol. The van der Waals surface area contributed by atoms with Crippen molar-refractivity contribution < 1.29 is 29.7 Å². The minimum Gasteiger partial charge on any atom is -0.399 e. The van der Waals surface area contributed by atoms with Crippen LogP contribution in [0.3, 0.4) is 0 Å². The van der Waals surface area contributed by atoms with Crippen LogP contribution in [0, 0.1) is 0 Å². The predicted molar refractivity (Wildman–Crippen MR) is 148 cm³/mol. The van der Waals surface area contributed by atoms with Gasteiger partial charge in [-0.25, -0.2) is 0 Å². The molecule has 0 aliphatic carbocycles. The molecule has 0 aliphatic heterocycles. The molecule has 32 heavy (non-hydrogen) atoms. The molecule has 0 aromatic carbocycles. The average molecular weight is 561 g/mol. The van der Waals surface area contributed by atoms with Gasteiger partial charge >= 0.3 is 17.9 Å². The molecule has 0 aromatic rings. The summed E-state index contributed by atoms with van der Waals surface area (Å²) in [5.41, 5.74) is 0. The Kier molecular flexibility index (Phi) is 17.2. The first-order valence-corrected chi connectivity index (χ1v) is 27.5. The van der Waals surface area contributed by atoms with Crippen LogP contribution in [-0.4, -0.2) is 73.1 Å². The fraction of sp³-hybridized carbons (Fsp3) is 1.00. The van der Waals surface area contributed by atoms with Crippen molar-refractivity contribution in [2.75, 3.05) is 19.8 Å². The van der Waals surface area contributed by atoms with Crippen molar-refractivity contribution in [1.82, 2.24) is 0 Å². The van der Waals surface area contributed by atoms with Crippen LogP contribution in [0.25, 0.3) is 0 Å². The second kappa shape index (κ2) is 16.6. The van der Waals surface area contributed by atoms with Gasteiger partial charge in [0.05, 0.1) is 0 Å². The summed E-state index contributed by atoms with van der Waals surface area (Å²) in [5, 5.41) is 0. The molecule has 194 valence electrons. The lowest BCUT2D eigenvalue weighted by Gasteiger charge is -2.40. The van der Waals surface area contributed by atoms with Crippen LogP contribution in [0.5, 0.6) is 0 Å². The number of rotatable bonds is 20. The quantitative estimate of drug-likeness (QED) is 0.197. The predicted octanol–water partition coefficient (Wildman–Crippen LogP) is 4.86. The Balaban J connectivity index is 5.68. The summed E-state index contributed by atoms with van der Waals surface area (Å²) < 4.78 is 45.1. The molecular formula is C19H52O7Si6. The van der Waals surface area contributed by atoms with Crippen molar-refractivity contribution in [3.05, 3.63) is 0 Å². The lowest BCUT2D eigenvalue weighted by atomic mass is 10.5. The maximum absolute atomic E-state index is 6.84. The fourth-order valence-electron chi connectivity index (χ4n) is 2.98. The first kappa shape index (κ1) is 33.0. The van der Waals surface area contributed by atoms with E-state index in [2.05, 4.69) is 73.1 Å². The Hall–Kier alpha value is 1.02. The minimum absolute atomic E-state index is 0.660. The molecule has 0 atom stereocenters. The largest absolute Gasteiger partial charge is 0.636 e. The van der Waals surface area contributed by atoms with Crippen molar-refractivity contribution in [2.45, 2.75) is 104 Å². The van der Waals surface area contributed by atoms with Gasteiger partial charge in [-0.3, -0.25) is 0 Å². The molecule has 0 rings (SSSR count). The van der Waals surface area contributed by atoms with E-state index in [1.807, 2.05) is 0 Å². The highest BCUT2D eigenvalue weighted by atomic mass is 28.5. The van der Waals surface area contributed by atoms with Gasteiger partial charge in [0.2, 0.25) is 0 Å². The normalized spacial score (nSPS) is 13.7. The fourth-order valence-corrected chi connectivity index (χ4v) is 22.9. The standard InChI is InChI=1S/C19H52O7Si6/c1-12-15-20-31(21-16-13-2,22-17-14-3)19-18-30(10,11)26-32(23-27(4)5,24-28(6)7)25-29(8)9/h27-29H,12-19H2,1-11H3. The lowest BCUT2D eigenvalue weighted by molar-refractivity contribution is 0.0599. The third-order valence-corrected chi connectivity index (χ3v) is 21.2. The maximum Gasteiger partial charge on any atom is 0.636 e.